The zero-order chi connectivity index (χ0) is 16.8. The van der Waals surface area contributed by atoms with Crippen molar-refractivity contribution in [2.24, 2.45) is 0 Å². The van der Waals surface area contributed by atoms with E-state index in [1.54, 1.807) is 0 Å². The van der Waals surface area contributed by atoms with Crippen molar-refractivity contribution in [3.8, 4) is 0 Å². The van der Waals surface area contributed by atoms with Crippen LogP contribution in [-0.2, 0) is 22.3 Å². The molecule has 0 atom stereocenters. The average Bonchev–Trinajstić information content (AvgIpc) is 2.96. The van der Waals surface area contributed by atoms with Crippen LogP contribution in [0.25, 0.3) is 11.0 Å². The lowest BCUT2D eigenvalue weighted by Gasteiger charge is -2.32. The first-order valence-corrected chi connectivity index (χ1v) is 7.90. The molecule has 5 nitrogen and oxygen atoms in total. The third-order valence-electron chi connectivity index (χ3n) is 4.80. The Labute approximate surface area is 136 Å². The topological polar surface area (TPSA) is 72.1 Å². The molecule has 0 bridgehead atoms. The Bertz CT molecular complexity index is 703. The molecule has 1 aromatic carbocycles. The fourth-order valence-electron chi connectivity index (χ4n) is 2.77. The van der Waals surface area contributed by atoms with Crippen LogP contribution < -0.4 is 5.46 Å². The standard InChI is InChI=1S/C17H23BO5/c1-16(2)17(3,4)23-18(22-16)14-8-11(10-20)7-12-9-13(5-6-19)21-15(12)14/h7-9,19-20H,5-6,10H2,1-4H3. The highest BCUT2D eigenvalue weighted by Crippen LogP contribution is 2.37. The van der Waals surface area contributed by atoms with Gasteiger partial charge in [0.25, 0.3) is 0 Å². The average molecular weight is 318 g/mol. The molecule has 124 valence electrons. The van der Waals surface area contributed by atoms with Gasteiger partial charge < -0.3 is 23.9 Å². The Morgan fingerprint density at radius 3 is 2.22 bits per heavy atom. The molecule has 2 N–H and O–H groups in total. The normalized spacial score (nSPS) is 19.7. The highest BCUT2D eigenvalue weighted by molar-refractivity contribution is 6.64. The number of hydrogen-bond donors (Lipinski definition) is 2. The largest absolute Gasteiger partial charge is 0.498 e. The molecule has 2 aromatic rings. The summed E-state index contributed by atoms with van der Waals surface area (Å²) in [6.45, 7) is 7.96. The van der Waals surface area contributed by atoms with Crippen LogP contribution in [0.2, 0.25) is 0 Å². The van der Waals surface area contributed by atoms with Gasteiger partial charge in [0, 0.05) is 17.3 Å². The maximum atomic E-state index is 9.53. The molecule has 6 heteroatoms. The molecule has 1 saturated heterocycles. The monoisotopic (exact) mass is 318 g/mol. The van der Waals surface area contributed by atoms with Crippen LogP contribution in [0.3, 0.4) is 0 Å². The van der Waals surface area contributed by atoms with Gasteiger partial charge in [0.05, 0.1) is 24.4 Å². The third kappa shape index (κ3) is 2.80. The van der Waals surface area contributed by atoms with Crippen molar-refractivity contribution < 1.29 is 23.9 Å². The minimum absolute atomic E-state index is 0.0263. The van der Waals surface area contributed by atoms with Gasteiger partial charge >= 0.3 is 7.12 Å². The van der Waals surface area contributed by atoms with Crippen molar-refractivity contribution in [2.45, 2.75) is 51.9 Å². The predicted octanol–water partition coefficient (Wildman–Crippen LogP) is 1.76. The predicted molar refractivity (Wildman–Crippen MR) is 88.6 cm³/mol. The number of furan rings is 1. The summed E-state index contributed by atoms with van der Waals surface area (Å²) in [6.07, 6.45) is 0.450. The van der Waals surface area contributed by atoms with Crippen LogP contribution in [0.1, 0.15) is 39.0 Å². The zero-order valence-electron chi connectivity index (χ0n) is 14.0. The van der Waals surface area contributed by atoms with E-state index in [4.69, 9.17) is 18.8 Å². The van der Waals surface area contributed by atoms with Crippen molar-refractivity contribution in [3.63, 3.8) is 0 Å². The van der Waals surface area contributed by atoms with E-state index in [9.17, 15) is 5.11 Å². The molecular weight excluding hydrogens is 295 g/mol. The molecule has 0 aliphatic carbocycles. The summed E-state index contributed by atoms with van der Waals surface area (Å²) in [7, 11) is -0.554. The molecule has 1 aliphatic rings. The fraction of sp³-hybridized carbons (Fsp3) is 0.529. The maximum Gasteiger partial charge on any atom is 0.498 e. The van der Waals surface area contributed by atoms with Gasteiger partial charge in [-0.3, -0.25) is 0 Å². The second kappa shape index (κ2) is 5.63. The highest BCUT2D eigenvalue weighted by atomic mass is 16.7. The molecule has 0 amide bonds. The summed E-state index contributed by atoms with van der Waals surface area (Å²) in [5.74, 6) is 0.704. The van der Waals surface area contributed by atoms with Crippen LogP contribution in [0.15, 0.2) is 22.6 Å². The molecule has 1 fully saturated rings. The van der Waals surface area contributed by atoms with E-state index in [1.807, 2.05) is 45.9 Å². The Hall–Kier alpha value is -1.34. The number of aliphatic hydroxyl groups excluding tert-OH is 2. The lowest BCUT2D eigenvalue weighted by atomic mass is 9.77. The van der Waals surface area contributed by atoms with Gasteiger partial charge in [0.15, 0.2) is 0 Å². The smallest absolute Gasteiger partial charge is 0.461 e. The first-order valence-electron chi connectivity index (χ1n) is 7.90. The van der Waals surface area contributed by atoms with E-state index < -0.39 is 18.3 Å². The lowest BCUT2D eigenvalue weighted by Crippen LogP contribution is -2.41. The minimum Gasteiger partial charge on any atom is -0.461 e. The second-order valence-corrected chi connectivity index (χ2v) is 7.04. The number of fused-ring (bicyclic) bond motifs is 1. The van der Waals surface area contributed by atoms with Gasteiger partial charge in [-0.05, 0) is 45.4 Å². The van der Waals surface area contributed by atoms with E-state index in [2.05, 4.69) is 0 Å². The van der Waals surface area contributed by atoms with E-state index in [0.29, 0.717) is 17.8 Å². The van der Waals surface area contributed by atoms with E-state index in [0.717, 1.165) is 16.4 Å². The van der Waals surface area contributed by atoms with Crippen molar-refractivity contribution in [1.82, 2.24) is 0 Å². The molecule has 0 saturated carbocycles. The minimum atomic E-state index is -0.554. The molecule has 1 aromatic heterocycles. The van der Waals surface area contributed by atoms with Crippen LogP contribution >= 0.6 is 0 Å². The van der Waals surface area contributed by atoms with Crippen molar-refractivity contribution in [3.05, 3.63) is 29.5 Å². The van der Waals surface area contributed by atoms with Gasteiger partial charge in [-0.2, -0.15) is 0 Å². The summed E-state index contributed by atoms with van der Waals surface area (Å²) >= 11 is 0. The second-order valence-electron chi connectivity index (χ2n) is 7.04. The molecule has 2 heterocycles. The first kappa shape index (κ1) is 16.5. The van der Waals surface area contributed by atoms with Crippen molar-refractivity contribution >= 4 is 23.6 Å². The number of benzene rings is 1. The SMILES string of the molecule is CC1(C)OB(c2cc(CO)cc3cc(CCO)oc23)OC1(C)C. The fourth-order valence-corrected chi connectivity index (χ4v) is 2.77. The van der Waals surface area contributed by atoms with Gasteiger partial charge in [-0.15, -0.1) is 0 Å². The van der Waals surface area contributed by atoms with Gasteiger partial charge in [-0.25, -0.2) is 0 Å². The van der Waals surface area contributed by atoms with Crippen LogP contribution in [0, 0.1) is 0 Å². The first-order chi connectivity index (χ1) is 10.8. The van der Waals surface area contributed by atoms with Gasteiger partial charge in [0.1, 0.15) is 11.3 Å². The van der Waals surface area contributed by atoms with Crippen LogP contribution in [-0.4, -0.2) is 35.1 Å². The van der Waals surface area contributed by atoms with Crippen molar-refractivity contribution in [1.29, 1.82) is 0 Å². The van der Waals surface area contributed by atoms with E-state index in [1.165, 1.54) is 0 Å². The van der Waals surface area contributed by atoms with E-state index in [-0.39, 0.29) is 13.2 Å². The summed E-state index contributed by atoms with van der Waals surface area (Å²) in [6, 6.07) is 5.63. The molecular formula is C17H23BO5. The molecule has 23 heavy (non-hydrogen) atoms. The molecule has 0 radical (unpaired) electrons. The Morgan fingerprint density at radius 2 is 1.65 bits per heavy atom. The Kier molecular flexibility index (Phi) is 4.05. The maximum absolute atomic E-state index is 9.53. The lowest BCUT2D eigenvalue weighted by molar-refractivity contribution is 0.00578. The third-order valence-corrected chi connectivity index (χ3v) is 4.80. The molecule has 0 spiro atoms. The van der Waals surface area contributed by atoms with Crippen LogP contribution in [0.5, 0.6) is 0 Å². The molecule has 3 rings (SSSR count). The summed E-state index contributed by atoms with van der Waals surface area (Å²) < 4.78 is 18.1. The summed E-state index contributed by atoms with van der Waals surface area (Å²) in [5, 5.41) is 19.5. The van der Waals surface area contributed by atoms with Crippen molar-refractivity contribution in [2.75, 3.05) is 6.61 Å². The summed E-state index contributed by atoms with van der Waals surface area (Å²) in [4.78, 5) is 0. The Balaban J connectivity index is 2.09. The van der Waals surface area contributed by atoms with E-state index >= 15 is 0 Å². The number of aliphatic hydroxyl groups is 2. The van der Waals surface area contributed by atoms with Crippen LogP contribution in [0.4, 0.5) is 0 Å². The number of rotatable bonds is 4. The quantitative estimate of drug-likeness (QED) is 0.841. The molecule has 1 aliphatic heterocycles. The van der Waals surface area contributed by atoms with Gasteiger partial charge in [0.2, 0.25) is 0 Å². The highest BCUT2D eigenvalue weighted by Gasteiger charge is 2.52. The molecule has 0 unspecified atom stereocenters. The summed E-state index contributed by atoms with van der Waals surface area (Å²) in [5.41, 5.74) is 1.34. The van der Waals surface area contributed by atoms with Gasteiger partial charge in [-0.1, -0.05) is 6.07 Å². The Morgan fingerprint density at radius 1 is 1.00 bits per heavy atom. The number of hydrogen-bond acceptors (Lipinski definition) is 5. The zero-order valence-corrected chi connectivity index (χ0v) is 14.0.